The minimum Gasteiger partial charge on any atom is -0.481 e. The third kappa shape index (κ3) is 3.56. The number of halogens is 1. The maximum Gasteiger partial charge on any atom is 0.212 e. The molecule has 2 rings (SSSR count). The molecule has 0 saturated heterocycles. The Bertz CT molecular complexity index is 586. The highest BCUT2D eigenvalue weighted by Gasteiger charge is 2.10. The molecule has 0 aliphatic rings. The Kier molecular flexibility index (Phi) is 5.11. The molecule has 106 valence electrons. The van der Waals surface area contributed by atoms with Crippen molar-refractivity contribution in [2.75, 3.05) is 12.8 Å². The lowest BCUT2D eigenvalue weighted by Crippen LogP contribution is -2.08. The molecule has 0 fully saturated rings. The van der Waals surface area contributed by atoms with Crippen LogP contribution in [-0.2, 0) is 12.8 Å². The molecule has 2 aromatic heterocycles. The summed E-state index contributed by atoms with van der Waals surface area (Å²) in [5, 5.41) is 0. The average Bonchev–Trinajstić information content (AvgIpc) is 2.45. The standard InChI is InChI=1S/C14H17IN4O/c1-3-4-10-13(15)14(16)19-11(18-10)7-9-5-6-12(20-2)17-8-9/h5-6,8H,3-4,7H2,1-2H3,(H2,16,18,19). The Morgan fingerprint density at radius 1 is 1.30 bits per heavy atom. The first-order valence-corrected chi connectivity index (χ1v) is 7.51. The molecule has 6 heteroatoms. The Labute approximate surface area is 132 Å². The van der Waals surface area contributed by atoms with Crippen LogP contribution in [0.4, 0.5) is 5.82 Å². The highest BCUT2D eigenvalue weighted by atomic mass is 127. The molecule has 2 heterocycles. The van der Waals surface area contributed by atoms with Crippen LogP contribution in [0.25, 0.3) is 0 Å². The van der Waals surface area contributed by atoms with Crippen molar-refractivity contribution in [3.63, 3.8) is 0 Å². The number of anilines is 1. The SMILES string of the molecule is CCCc1nc(Cc2ccc(OC)nc2)nc(N)c1I. The molecular weight excluding hydrogens is 367 g/mol. The number of aromatic nitrogens is 3. The number of nitrogens with two attached hydrogens (primary N) is 1. The van der Waals surface area contributed by atoms with Crippen LogP contribution in [0.5, 0.6) is 5.88 Å². The van der Waals surface area contributed by atoms with Crippen LogP contribution < -0.4 is 10.5 Å². The second kappa shape index (κ2) is 6.83. The zero-order valence-corrected chi connectivity index (χ0v) is 13.7. The van der Waals surface area contributed by atoms with Gasteiger partial charge in [0.05, 0.1) is 16.4 Å². The first-order valence-electron chi connectivity index (χ1n) is 6.43. The van der Waals surface area contributed by atoms with Crippen LogP contribution in [0.3, 0.4) is 0 Å². The molecule has 0 aliphatic heterocycles. The first kappa shape index (κ1) is 15.0. The molecule has 2 N–H and O–H groups in total. The Hall–Kier alpha value is -1.44. The minimum atomic E-state index is 0.556. The number of aryl methyl sites for hydroxylation is 1. The Morgan fingerprint density at radius 3 is 2.70 bits per heavy atom. The smallest absolute Gasteiger partial charge is 0.212 e. The summed E-state index contributed by atoms with van der Waals surface area (Å²) in [5.74, 6) is 1.89. The second-order valence-corrected chi connectivity index (χ2v) is 5.50. The number of nitrogen functional groups attached to an aromatic ring is 1. The summed E-state index contributed by atoms with van der Waals surface area (Å²) in [5.41, 5.74) is 8.02. The minimum absolute atomic E-state index is 0.556. The van der Waals surface area contributed by atoms with Crippen molar-refractivity contribution in [2.24, 2.45) is 0 Å². The summed E-state index contributed by atoms with van der Waals surface area (Å²) in [4.78, 5) is 13.1. The number of hydrogen-bond donors (Lipinski definition) is 1. The van der Waals surface area contributed by atoms with Gasteiger partial charge < -0.3 is 10.5 Å². The van der Waals surface area contributed by atoms with Gasteiger partial charge in [0, 0.05) is 18.7 Å². The molecule has 5 nitrogen and oxygen atoms in total. The highest BCUT2D eigenvalue weighted by Crippen LogP contribution is 2.19. The van der Waals surface area contributed by atoms with E-state index in [1.54, 1.807) is 13.3 Å². The third-order valence-electron chi connectivity index (χ3n) is 2.85. The average molecular weight is 384 g/mol. The fourth-order valence-corrected chi connectivity index (χ4v) is 2.38. The van der Waals surface area contributed by atoms with Gasteiger partial charge in [-0.2, -0.15) is 0 Å². The number of rotatable bonds is 5. The van der Waals surface area contributed by atoms with Gasteiger partial charge in [-0.25, -0.2) is 15.0 Å². The molecule has 0 radical (unpaired) electrons. The molecule has 0 unspecified atom stereocenters. The summed E-state index contributed by atoms with van der Waals surface area (Å²) < 4.78 is 6.00. The van der Waals surface area contributed by atoms with Gasteiger partial charge in [-0.05, 0) is 34.6 Å². The normalized spacial score (nSPS) is 10.6. The van der Waals surface area contributed by atoms with Gasteiger partial charge in [0.1, 0.15) is 11.6 Å². The fourth-order valence-electron chi connectivity index (χ4n) is 1.87. The maximum atomic E-state index is 5.96. The van der Waals surface area contributed by atoms with Crippen molar-refractivity contribution in [2.45, 2.75) is 26.2 Å². The predicted octanol–water partition coefficient (Wildman–Crippen LogP) is 2.61. The maximum absolute atomic E-state index is 5.96. The molecule has 0 bridgehead atoms. The molecule has 20 heavy (non-hydrogen) atoms. The van der Waals surface area contributed by atoms with Gasteiger partial charge in [0.2, 0.25) is 5.88 Å². The third-order valence-corrected chi connectivity index (χ3v) is 4.02. The number of pyridine rings is 1. The van der Waals surface area contributed by atoms with Crippen molar-refractivity contribution in [3.05, 3.63) is 39.0 Å². The van der Waals surface area contributed by atoms with E-state index >= 15 is 0 Å². The number of hydrogen-bond acceptors (Lipinski definition) is 5. The van der Waals surface area contributed by atoms with E-state index in [-0.39, 0.29) is 0 Å². The summed E-state index contributed by atoms with van der Waals surface area (Å²) in [6.07, 6.45) is 4.35. The van der Waals surface area contributed by atoms with Gasteiger partial charge in [-0.3, -0.25) is 0 Å². The Morgan fingerprint density at radius 2 is 2.10 bits per heavy atom. The van der Waals surface area contributed by atoms with Gasteiger partial charge in [-0.15, -0.1) is 0 Å². The lowest BCUT2D eigenvalue weighted by atomic mass is 10.2. The van der Waals surface area contributed by atoms with E-state index in [0.717, 1.165) is 33.5 Å². The predicted molar refractivity (Wildman–Crippen MR) is 86.8 cm³/mol. The highest BCUT2D eigenvalue weighted by molar-refractivity contribution is 14.1. The van der Waals surface area contributed by atoms with Crippen LogP contribution >= 0.6 is 22.6 Å². The Balaban J connectivity index is 2.23. The van der Waals surface area contributed by atoms with Crippen molar-refractivity contribution in [3.8, 4) is 5.88 Å². The molecule has 0 aromatic carbocycles. The first-order chi connectivity index (χ1) is 9.63. The molecule has 0 spiro atoms. The molecule has 0 atom stereocenters. The van der Waals surface area contributed by atoms with E-state index in [0.29, 0.717) is 18.1 Å². The van der Waals surface area contributed by atoms with Crippen molar-refractivity contribution in [1.82, 2.24) is 15.0 Å². The molecular formula is C14H17IN4O. The van der Waals surface area contributed by atoms with E-state index in [1.807, 2.05) is 12.1 Å². The van der Waals surface area contributed by atoms with Crippen molar-refractivity contribution in [1.29, 1.82) is 0 Å². The van der Waals surface area contributed by atoms with E-state index < -0.39 is 0 Å². The second-order valence-electron chi connectivity index (χ2n) is 4.42. The van der Waals surface area contributed by atoms with Gasteiger partial charge in [0.25, 0.3) is 0 Å². The molecule has 0 saturated carbocycles. The van der Waals surface area contributed by atoms with Gasteiger partial charge in [-0.1, -0.05) is 19.4 Å². The van der Waals surface area contributed by atoms with Crippen LogP contribution in [0.15, 0.2) is 18.3 Å². The van der Waals surface area contributed by atoms with E-state index in [1.165, 1.54) is 0 Å². The lowest BCUT2D eigenvalue weighted by Gasteiger charge is -2.08. The number of nitrogens with zero attached hydrogens (tertiary/aromatic N) is 3. The van der Waals surface area contributed by atoms with Crippen LogP contribution in [0.1, 0.15) is 30.4 Å². The van der Waals surface area contributed by atoms with E-state index in [9.17, 15) is 0 Å². The van der Waals surface area contributed by atoms with Crippen molar-refractivity contribution < 1.29 is 4.74 Å². The van der Waals surface area contributed by atoms with E-state index in [4.69, 9.17) is 10.5 Å². The zero-order chi connectivity index (χ0) is 14.5. The van der Waals surface area contributed by atoms with Crippen LogP contribution in [0, 0.1) is 3.57 Å². The van der Waals surface area contributed by atoms with E-state index in [2.05, 4.69) is 44.5 Å². The van der Waals surface area contributed by atoms with Gasteiger partial charge in [0.15, 0.2) is 0 Å². The zero-order valence-electron chi connectivity index (χ0n) is 11.6. The van der Waals surface area contributed by atoms with Crippen LogP contribution in [0.2, 0.25) is 0 Å². The number of methoxy groups -OCH3 is 1. The lowest BCUT2D eigenvalue weighted by molar-refractivity contribution is 0.397. The largest absolute Gasteiger partial charge is 0.481 e. The van der Waals surface area contributed by atoms with Crippen molar-refractivity contribution >= 4 is 28.4 Å². The summed E-state index contributed by atoms with van der Waals surface area (Å²) in [7, 11) is 1.60. The fraction of sp³-hybridized carbons (Fsp3) is 0.357. The van der Waals surface area contributed by atoms with Gasteiger partial charge >= 0.3 is 0 Å². The molecule has 0 amide bonds. The molecule has 2 aromatic rings. The molecule has 0 aliphatic carbocycles. The summed E-state index contributed by atoms with van der Waals surface area (Å²) >= 11 is 2.21. The summed E-state index contributed by atoms with van der Waals surface area (Å²) in [6.45, 7) is 2.13. The number of ether oxygens (including phenoxy) is 1. The monoisotopic (exact) mass is 384 g/mol. The summed E-state index contributed by atoms with van der Waals surface area (Å²) in [6, 6.07) is 3.79. The van der Waals surface area contributed by atoms with Crippen LogP contribution in [-0.4, -0.2) is 22.1 Å². The quantitative estimate of drug-likeness (QED) is 0.803. The topological polar surface area (TPSA) is 73.9 Å².